The Kier molecular flexibility index (Phi) is 4.92. The molecule has 1 aromatic carbocycles. The maximum absolute atomic E-state index is 11.5. The zero-order valence-electron chi connectivity index (χ0n) is 12.3. The summed E-state index contributed by atoms with van der Waals surface area (Å²) in [4.78, 5) is 11.5. The van der Waals surface area contributed by atoms with Gasteiger partial charge >= 0.3 is 5.97 Å². The predicted molar refractivity (Wildman–Crippen MR) is 77.7 cm³/mol. The number of carbonyl (C=O) groups is 1. The van der Waals surface area contributed by atoms with Crippen LogP contribution in [-0.4, -0.2) is 50.8 Å². The van der Waals surface area contributed by atoms with Crippen molar-refractivity contribution in [1.29, 1.82) is 0 Å². The molecule has 1 fully saturated rings. The van der Waals surface area contributed by atoms with Crippen LogP contribution in [0.5, 0.6) is 11.5 Å². The molecule has 0 spiro atoms. The molecule has 1 N–H and O–H groups in total. The second-order valence-corrected chi connectivity index (χ2v) is 7.04. The Morgan fingerprint density at radius 1 is 1.36 bits per heavy atom. The number of carbonyl (C=O) groups excluding carboxylic acids is 1. The molecular formula is C14H18O7S. The monoisotopic (exact) mass is 330 g/mol. The molecule has 22 heavy (non-hydrogen) atoms. The fourth-order valence-electron chi connectivity index (χ4n) is 2.07. The molecule has 1 aromatic rings. The first-order valence-electron chi connectivity index (χ1n) is 6.76. The smallest absolute Gasteiger partial charge is 0.339 e. The Hall–Kier alpha value is -1.80. The van der Waals surface area contributed by atoms with E-state index < -0.39 is 28.0 Å². The van der Waals surface area contributed by atoms with Crippen LogP contribution in [-0.2, 0) is 19.4 Å². The first-order chi connectivity index (χ1) is 10.4. The fraction of sp³-hybridized carbons (Fsp3) is 0.500. The lowest BCUT2D eigenvalue weighted by Crippen LogP contribution is -2.45. The number of esters is 1. The van der Waals surface area contributed by atoms with Gasteiger partial charge in [0.15, 0.2) is 27.4 Å². The van der Waals surface area contributed by atoms with Crippen LogP contribution in [0.3, 0.4) is 0 Å². The molecule has 0 amide bonds. The summed E-state index contributed by atoms with van der Waals surface area (Å²) >= 11 is 0. The Morgan fingerprint density at radius 2 is 2.05 bits per heavy atom. The lowest BCUT2D eigenvalue weighted by atomic mass is 10.1. The zero-order chi connectivity index (χ0) is 16.3. The minimum atomic E-state index is -2.98. The van der Waals surface area contributed by atoms with Crippen molar-refractivity contribution in [3.05, 3.63) is 23.8 Å². The van der Waals surface area contributed by atoms with E-state index in [-0.39, 0.29) is 18.1 Å². The van der Waals surface area contributed by atoms with Gasteiger partial charge < -0.3 is 19.3 Å². The van der Waals surface area contributed by atoms with Crippen molar-refractivity contribution in [3.8, 4) is 11.5 Å². The van der Waals surface area contributed by atoms with E-state index in [1.807, 2.05) is 0 Å². The van der Waals surface area contributed by atoms with Crippen LogP contribution in [0.15, 0.2) is 18.2 Å². The van der Waals surface area contributed by atoms with Gasteiger partial charge in [-0.2, -0.15) is 0 Å². The standard InChI is InChI=1S/C14H18O7S/c1-3-20-14(16)13(15)9-4-5-11(12(6-9)19-2)21-10-7-22(17,18)8-10/h4-6,10,13,15H,3,7-8H2,1-2H3. The first kappa shape index (κ1) is 16.6. The highest BCUT2D eigenvalue weighted by Crippen LogP contribution is 2.32. The molecule has 122 valence electrons. The first-order valence-corrected chi connectivity index (χ1v) is 8.58. The summed E-state index contributed by atoms with van der Waals surface area (Å²) in [7, 11) is -1.56. The fourth-order valence-corrected chi connectivity index (χ4v) is 3.25. The minimum absolute atomic E-state index is 0.0244. The summed E-state index contributed by atoms with van der Waals surface area (Å²) in [5, 5.41) is 9.89. The number of ether oxygens (including phenoxy) is 3. The summed E-state index contributed by atoms with van der Waals surface area (Å²) in [6.45, 7) is 1.82. The third-order valence-corrected chi connectivity index (χ3v) is 4.95. The average Bonchev–Trinajstić information content (AvgIpc) is 2.45. The van der Waals surface area contributed by atoms with Crippen molar-refractivity contribution in [3.63, 3.8) is 0 Å². The van der Waals surface area contributed by atoms with Gasteiger partial charge in [-0.25, -0.2) is 13.2 Å². The van der Waals surface area contributed by atoms with Gasteiger partial charge in [0.2, 0.25) is 0 Å². The molecule has 0 aromatic heterocycles. The molecule has 0 saturated carbocycles. The van der Waals surface area contributed by atoms with E-state index in [0.717, 1.165) is 0 Å². The van der Waals surface area contributed by atoms with Crippen molar-refractivity contribution in [2.45, 2.75) is 19.1 Å². The Morgan fingerprint density at radius 3 is 2.59 bits per heavy atom. The highest BCUT2D eigenvalue weighted by Gasteiger charge is 2.35. The number of rotatable bonds is 6. The summed E-state index contributed by atoms with van der Waals surface area (Å²) in [6, 6.07) is 4.50. The van der Waals surface area contributed by atoms with Gasteiger partial charge in [-0.1, -0.05) is 6.07 Å². The largest absolute Gasteiger partial charge is 0.493 e. The normalized spacial score (nSPS) is 18.1. The zero-order valence-corrected chi connectivity index (χ0v) is 13.1. The number of methoxy groups -OCH3 is 1. The molecule has 1 saturated heterocycles. The summed E-state index contributed by atoms with van der Waals surface area (Å²) in [5.74, 6) is -0.122. The van der Waals surface area contributed by atoms with Gasteiger partial charge in [0, 0.05) is 0 Å². The van der Waals surface area contributed by atoms with E-state index in [9.17, 15) is 18.3 Å². The molecule has 1 aliphatic heterocycles. The molecule has 1 heterocycles. The van der Waals surface area contributed by atoms with E-state index in [1.54, 1.807) is 6.92 Å². The lowest BCUT2D eigenvalue weighted by Gasteiger charge is -2.27. The average molecular weight is 330 g/mol. The van der Waals surface area contributed by atoms with Gasteiger partial charge in [-0.05, 0) is 24.6 Å². The number of aliphatic hydroxyl groups is 1. The topological polar surface area (TPSA) is 99.1 Å². The second-order valence-electron chi connectivity index (χ2n) is 4.88. The number of hydrogen-bond acceptors (Lipinski definition) is 7. The molecule has 0 aliphatic carbocycles. The number of hydrogen-bond donors (Lipinski definition) is 1. The number of sulfone groups is 1. The van der Waals surface area contributed by atoms with Crippen LogP contribution < -0.4 is 9.47 Å². The summed E-state index contributed by atoms with van der Waals surface area (Å²) in [5.41, 5.74) is 0.309. The van der Waals surface area contributed by atoms with Gasteiger partial charge in [-0.3, -0.25) is 0 Å². The summed E-state index contributed by atoms with van der Waals surface area (Å²) in [6.07, 6.45) is -1.81. The van der Waals surface area contributed by atoms with E-state index in [2.05, 4.69) is 0 Å². The highest BCUT2D eigenvalue weighted by molar-refractivity contribution is 7.92. The molecule has 0 radical (unpaired) electrons. The molecule has 2 rings (SSSR count). The molecular weight excluding hydrogens is 312 g/mol. The maximum atomic E-state index is 11.5. The molecule has 1 unspecified atom stereocenters. The molecule has 8 heteroatoms. The van der Waals surface area contributed by atoms with Crippen LogP contribution in [0.2, 0.25) is 0 Å². The van der Waals surface area contributed by atoms with Crippen LogP contribution >= 0.6 is 0 Å². The van der Waals surface area contributed by atoms with E-state index >= 15 is 0 Å². The van der Waals surface area contributed by atoms with Crippen LogP contribution in [0.4, 0.5) is 0 Å². The van der Waals surface area contributed by atoms with E-state index in [0.29, 0.717) is 17.1 Å². The molecule has 7 nitrogen and oxygen atoms in total. The Bertz CT molecular complexity index is 641. The van der Waals surface area contributed by atoms with Crippen molar-refractivity contribution in [1.82, 2.24) is 0 Å². The van der Waals surface area contributed by atoms with E-state index in [4.69, 9.17) is 14.2 Å². The van der Waals surface area contributed by atoms with Crippen molar-refractivity contribution < 1.29 is 32.5 Å². The Balaban J connectivity index is 2.12. The number of benzene rings is 1. The van der Waals surface area contributed by atoms with Crippen molar-refractivity contribution in [2.24, 2.45) is 0 Å². The third-order valence-electron chi connectivity index (χ3n) is 3.19. The predicted octanol–water partition coefficient (Wildman–Crippen LogP) is 0.468. The van der Waals surface area contributed by atoms with Gasteiger partial charge in [0.25, 0.3) is 0 Å². The minimum Gasteiger partial charge on any atom is -0.493 e. The molecule has 1 aliphatic rings. The quantitative estimate of drug-likeness (QED) is 0.757. The van der Waals surface area contributed by atoms with Gasteiger partial charge in [0.1, 0.15) is 6.10 Å². The van der Waals surface area contributed by atoms with Crippen molar-refractivity contribution in [2.75, 3.05) is 25.2 Å². The van der Waals surface area contributed by atoms with Crippen LogP contribution in [0.1, 0.15) is 18.6 Å². The van der Waals surface area contributed by atoms with Crippen molar-refractivity contribution >= 4 is 15.8 Å². The third kappa shape index (κ3) is 3.69. The van der Waals surface area contributed by atoms with Crippen LogP contribution in [0, 0.1) is 0 Å². The van der Waals surface area contributed by atoms with Gasteiger partial charge in [0.05, 0.1) is 25.2 Å². The maximum Gasteiger partial charge on any atom is 0.339 e. The van der Waals surface area contributed by atoms with Crippen LogP contribution in [0.25, 0.3) is 0 Å². The SMILES string of the molecule is CCOC(=O)C(O)c1ccc(OC2CS(=O)(=O)C2)c(OC)c1. The molecule has 1 atom stereocenters. The molecule has 0 bridgehead atoms. The summed E-state index contributed by atoms with van der Waals surface area (Å²) < 4.78 is 37.7. The lowest BCUT2D eigenvalue weighted by molar-refractivity contribution is -0.153. The van der Waals surface area contributed by atoms with Gasteiger partial charge in [-0.15, -0.1) is 0 Å². The Labute approximate surface area is 128 Å². The second kappa shape index (κ2) is 6.53. The van der Waals surface area contributed by atoms with E-state index in [1.165, 1.54) is 25.3 Å². The highest BCUT2D eigenvalue weighted by atomic mass is 32.2. The number of aliphatic hydroxyl groups excluding tert-OH is 1.